The summed E-state index contributed by atoms with van der Waals surface area (Å²) >= 11 is 0. The van der Waals surface area contributed by atoms with E-state index in [4.69, 9.17) is 0 Å². The number of phosphoric ester groups is 1. The minimum Gasteiger partial charge on any atom is -0.480 e. The van der Waals surface area contributed by atoms with Crippen molar-refractivity contribution in [2.45, 2.75) is 103 Å². The van der Waals surface area contributed by atoms with Crippen LogP contribution in [0.5, 0.6) is 0 Å². The number of aliphatic hydroxyl groups is 1. The Kier molecular flexibility index (Phi) is 21.7. The van der Waals surface area contributed by atoms with Crippen LogP contribution in [0.1, 0.15) is 90.9 Å². The number of ether oxygens (including phenoxy) is 1. The van der Waals surface area contributed by atoms with E-state index in [2.05, 4.69) is 50.3 Å². The normalized spacial score (nSPS) is 14.8. The summed E-state index contributed by atoms with van der Waals surface area (Å²) in [6, 6.07) is -1.55. The van der Waals surface area contributed by atoms with Gasteiger partial charge >= 0.3 is 19.8 Å². The fourth-order valence-electron chi connectivity index (χ4n) is 3.07. The minimum atomic E-state index is -4.71. The molecular formula is C26H46NO10P. The third kappa shape index (κ3) is 22.0. The van der Waals surface area contributed by atoms with E-state index in [-0.39, 0.29) is 12.8 Å². The maximum atomic E-state index is 12.1. The van der Waals surface area contributed by atoms with E-state index in [0.29, 0.717) is 6.42 Å². The Morgan fingerprint density at radius 1 is 0.868 bits per heavy atom. The number of esters is 1. The van der Waals surface area contributed by atoms with Gasteiger partial charge in [0, 0.05) is 12.8 Å². The van der Waals surface area contributed by atoms with E-state index in [9.17, 15) is 34.1 Å². The van der Waals surface area contributed by atoms with Crippen LogP contribution in [-0.2, 0) is 32.7 Å². The van der Waals surface area contributed by atoms with Crippen LogP contribution < -0.4 is 5.32 Å². The van der Waals surface area contributed by atoms with Crippen molar-refractivity contribution in [1.82, 2.24) is 5.32 Å². The van der Waals surface area contributed by atoms with Crippen LogP contribution in [0.4, 0.5) is 0 Å². The van der Waals surface area contributed by atoms with E-state index in [1.54, 1.807) is 6.92 Å². The highest BCUT2D eigenvalue weighted by Crippen LogP contribution is 2.43. The molecule has 12 heteroatoms. The van der Waals surface area contributed by atoms with Crippen molar-refractivity contribution in [2.75, 3.05) is 19.8 Å². The zero-order chi connectivity index (χ0) is 28.7. The molecule has 0 aromatic heterocycles. The molecular weight excluding hydrogens is 517 g/mol. The van der Waals surface area contributed by atoms with Gasteiger partial charge in [0.05, 0.1) is 13.2 Å². The fraction of sp³-hybridized carbons (Fsp3) is 0.731. The number of carbonyl (C=O) groups is 3. The zero-order valence-electron chi connectivity index (χ0n) is 22.7. The van der Waals surface area contributed by atoms with Crippen molar-refractivity contribution in [3.63, 3.8) is 0 Å². The molecule has 3 unspecified atom stereocenters. The molecule has 0 aliphatic carbocycles. The summed E-state index contributed by atoms with van der Waals surface area (Å²) in [6.07, 6.45) is 17.7. The highest BCUT2D eigenvalue weighted by atomic mass is 31.2. The van der Waals surface area contributed by atoms with Crippen molar-refractivity contribution in [1.29, 1.82) is 0 Å². The standard InChI is InChI=1S/C26H46NO10P/c1-3-5-6-7-8-9-10-11-12-13-14-15-16-17-18-24(29)27-23(26(31)32)21-37-38(33,34)36-20-22(28)19-35-25(30)4-2/h7-8,10-11,22-23,28H,3-6,9,12-21H2,1-2H3,(H,27,29)(H,31,32)(H,33,34)/b8-7-,11-10-. The first-order valence-electron chi connectivity index (χ1n) is 13.4. The smallest absolute Gasteiger partial charge is 0.472 e. The predicted octanol–water partition coefficient (Wildman–Crippen LogP) is 4.43. The molecule has 220 valence electrons. The molecule has 1 amide bonds. The fourth-order valence-corrected chi connectivity index (χ4v) is 3.85. The maximum Gasteiger partial charge on any atom is 0.472 e. The molecule has 38 heavy (non-hydrogen) atoms. The highest BCUT2D eigenvalue weighted by Gasteiger charge is 2.28. The Bertz CT molecular complexity index is 771. The van der Waals surface area contributed by atoms with Crippen LogP contribution >= 0.6 is 7.82 Å². The Balaban J connectivity index is 4.06. The number of carboxylic acids is 1. The molecule has 0 aromatic rings. The number of rotatable bonds is 24. The average Bonchev–Trinajstić information content (AvgIpc) is 2.88. The molecule has 0 aliphatic heterocycles. The van der Waals surface area contributed by atoms with Gasteiger partial charge < -0.3 is 25.2 Å². The summed E-state index contributed by atoms with van der Waals surface area (Å²) in [4.78, 5) is 44.2. The first-order chi connectivity index (χ1) is 18.1. The summed E-state index contributed by atoms with van der Waals surface area (Å²) in [5.41, 5.74) is 0. The second-order valence-corrected chi connectivity index (χ2v) is 10.3. The van der Waals surface area contributed by atoms with Crippen molar-refractivity contribution in [3.05, 3.63) is 24.3 Å². The molecule has 0 saturated carbocycles. The van der Waals surface area contributed by atoms with E-state index < -0.39 is 57.6 Å². The molecule has 0 radical (unpaired) electrons. The number of hydrogen-bond donors (Lipinski definition) is 4. The van der Waals surface area contributed by atoms with Gasteiger partial charge in [-0.3, -0.25) is 18.6 Å². The first kappa shape index (κ1) is 36.0. The number of aliphatic hydroxyl groups excluding tert-OH is 1. The maximum absolute atomic E-state index is 12.1. The SMILES string of the molecule is CCCC/C=C\C/C=C\CCCCCCCC(=O)NC(COP(=O)(O)OCC(O)COC(=O)CC)C(=O)O. The second kappa shape index (κ2) is 22.9. The number of amides is 1. The van der Waals surface area contributed by atoms with Gasteiger partial charge in [0.1, 0.15) is 12.7 Å². The molecule has 0 heterocycles. The van der Waals surface area contributed by atoms with Gasteiger partial charge in [-0.15, -0.1) is 0 Å². The van der Waals surface area contributed by atoms with Gasteiger partial charge in [-0.25, -0.2) is 9.36 Å². The highest BCUT2D eigenvalue weighted by molar-refractivity contribution is 7.47. The summed E-state index contributed by atoms with van der Waals surface area (Å²) in [7, 11) is -4.71. The minimum absolute atomic E-state index is 0.104. The van der Waals surface area contributed by atoms with Crippen molar-refractivity contribution in [2.24, 2.45) is 0 Å². The van der Waals surface area contributed by atoms with Gasteiger partial charge in [-0.2, -0.15) is 0 Å². The molecule has 0 rings (SSSR count). The number of allylic oxidation sites excluding steroid dienone is 4. The number of phosphoric acid groups is 1. The van der Waals surface area contributed by atoms with Crippen LogP contribution in [0.3, 0.4) is 0 Å². The Hall–Kier alpha value is -2.04. The lowest BCUT2D eigenvalue weighted by atomic mass is 10.1. The van der Waals surface area contributed by atoms with E-state index in [1.807, 2.05) is 0 Å². The second-order valence-electron chi connectivity index (χ2n) is 8.84. The summed E-state index contributed by atoms with van der Waals surface area (Å²) in [6.45, 7) is 1.82. The van der Waals surface area contributed by atoms with E-state index >= 15 is 0 Å². The summed E-state index contributed by atoms with van der Waals surface area (Å²) in [5.74, 6) is -2.50. The lowest BCUT2D eigenvalue weighted by Crippen LogP contribution is -2.43. The molecule has 0 bridgehead atoms. The van der Waals surface area contributed by atoms with Crippen LogP contribution in [0, 0.1) is 0 Å². The topological polar surface area (TPSA) is 169 Å². The van der Waals surface area contributed by atoms with Gasteiger partial charge in [0.15, 0.2) is 6.04 Å². The molecule has 0 aliphatic rings. The van der Waals surface area contributed by atoms with Gasteiger partial charge in [-0.1, -0.05) is 70.3 Å². The number of carboxylic acid groups (broad SMARTS) is 1. The largest absolute Gasteiger partial charge is 0.480 e. The van der Waals surface area contributed by atoms with Crippen LogP contribution in [0.15, 0.2) is 24.3 Å². The molecule has 11 nitrogen and oxygen atoms in total. The molecule has 3 atom stereocenters. The number of unbranched alkanes of at least 4 members (excludes halogenated alkanes) is 7. The number of nitrogens with one attached hydrogen (secondary N) is 1. The third-order valence-electron chi connectivity index (χ3n) is 5.30. The summed E-state index contributed by atoms with van der Waals surface area (Å²) < 4.78 is 25.8. The molecule has 0 spiro atoms. The Labute approximate surface area is 226 Å². The van der Waals surface area contributed by atoms with Crippen LogP contribution in [0.25, 0.3) is 0 Å². The van der Waals surface area contributed by atoms with E-state index in [0.717, 1.165) is 44.9 Å². The predicted molar refractivity (Wildman–Crippen MR) is 143 cm³/mol. The monoisotopic (exact) mass is 563 g/mol. The van der Waals surface area contributed by atoms with Crippen molar-refractivity contribution >= 4 is 25.7 Å². The quantitative estimate of drug-likeness (QED) is 0.0570. The van der Waals surface area contributed by atoms with Gasteiger partial charge in [-0.05, 0) is 32.1 Å². The lowest BCUT2D eigenvalue weighted by Gasteiger charge is -2.18. The third-order valence-corrected chi connectivity index (χ3v) is 6.25. The number of aliphatic carboxylic acids is 1. The Morgan fingerprint density at radius 3 is 2.11 bits per heavy atom. The zero-order valence-corrected chi connectivity index (χ0v) is 23.6. The number of carbonyl (C=O) groups excluding carboxylic acids is 2. The number of hydrogen-bond acceptors (Lipinski definition) is 8. The van der Waals surface area contributed by atoms with Gasteiger partial charge in [0.2, 0.25) is 5.91 Å². The molecule has 0 aromatic carbocycles. The first-order valence-corrected chi connectivity index (χ1v) is 14.9. The molecule has 4 N–H and O–H groups in total. The summed E-state index contributed by atoms with van der Waals surface area (Å²) in [5, 5.41) is 21.2. The van der Waals surface area contributed by atoms with Crippen molar-refractivity contribution in [3.8, 4) is 0 Å². The van der Waals surface area contributed by atoms with Crippen molar-refractivity contribution < 1.29 is 47.8 Å². The molecule has 0 fully saturated rings. The van der Waals surface area contributed by atoms with Crippen LogP contribution in [-0.4, -0.2) is 64.9 Å². The lowest BCUT2D eigenvalue weighted by molar-refractivity contribution is -0.146. The van der Waals surface area contributed by atoms with E-state index in [1.165, 1.54) is 12.8 Å². The average molecular weight is 564 g/mol. The molecule has 0 saturated heterocycles. The Morgan fingerprint density at radius 2 is 1.47 bits per heavy atom. The van der Waals surface area contributed by atoms with Gasteiger partial charge in [0.25, 0.3) is 0 Å². The van der Waals surface area contributed by atoms with Crippen LogP contribution in [0.2, 0.25) is 0 Å².